The maximum Gasteiger partial charge on any atom is 0.302 e. The van der Waals surface area contributed by atoms with E-state index in [1.54, 1.807) is 0 Å². The fourth-order valence-corrected chi connectivity index (χ4v) is 2.55. The van der Waals surface area contributed by atoms with Crippen molar-refractivity contribution < 1.29 is 23.0 Å². The lowest BCUT2D eigenvalue weighted by molar-refractivity contribution is -0.142. The van der Waals surface area contributed by atoms with Crippen LogP contribution in [0.2, 0.25) is 0 Å². The quantitative estimate of drug-likeness (QED) is 0.637. The van der Waals surface area contributed by atoms with Gasteiger partial charge in [0.1, 0.15) is 0 Å². The van der Waals surface area contributed by atoms with Crippen LogP contribution in [-0.2, 0) is 9.53 Å². The zero-order valence-electron chi connectivity index (χ0n) is 13.4. The van der Waals surface area contributed by atoms with E-state index >= 15 is 0 Å². The molecule has 1 unspecified atom stereocenters. The van der Waals surface area contributed by atoms with E-state index < -0.39 is 17.4 Å². The largest absolute Gasteiger partial charge is 0.465 e. The fourth-order valence-electron chi connectivity index (χ4n) is 2.55. The lowest BCUT2D eigenvalue weighted by Gasteiger charge is -2.24. The summed E-state index contributed by atoms with van der Waals surface area (Å²) in [6, 6.07) is 3.39. The van der Waals surface area contributed by atoms with Gasteiger partial charge in [-0.05, 0) is 37.0 Å². The minimum absolute atomic E-state index is 0.105. The molecule has 1 aliphatic rings. The number of hydrogen-bond donors (Lipinski definition) is 2. The number of esters is 1. The summed E-state index contributed by atoms with van der Waals surface area (Å²) in [7, 11) is 0. The monoisotopic (exact) mass is 338 g/mol. The number of carbonyl (C=O) groups excluding carboxylic acids is 1. The first-order valence-electron chi connectivity index (χ1n) is 7.59. The number of nitrogens with two attached hydrogens (primary N) is 2. The summed E-state index contributed by atoms with van der Waals surface area (Å²) in [6.07, 6.45) is 3.74. The molecule has 1 aliphatic carbocycles. The Balaban J connectivity index is 2.15. The Morgan fingerprint density at radius 1 is 1.38 bits per heavy atom. The molecule has 0 fully saturated rings. The van der Waals surface area contributed by atoms with E-state index in [9.17, 15) is 13.6 Å². The van der Waals surface area contributed by atoms with E-state index in [1.165, 1.54) is 19.1 Å². The first-order chi connectivity index (χ1) is 11.4. The molecule has 1 atom stereocenters. The van der Waals surface area contributed by atoms with E-state index in [1.807, 2.05) is 0 Å². The lowest BCUT2D eigenvalue weighted by Crippen LogP contribution is -2.24. The average molecular weight is 338 g/mol. The van der Waals surface area contributed by atoms with Crippen LogP contribution >= 0.6 is 0 Å². The second-order valence-electron chi connectivity index (χ2n) is 5.57. The van der Waals surface area contributed by atoms with Crippen LogP contribution in [0.1, 0.15) is 26.2 Å². The number of para-hydroxylation sites is 1. The maximum atomic E-state index is 13.6. The van der Waals surface area contributed by atoms with Crippen LogP contribution in [0.3, 0.4) is 0 Å². The van der Waals surface area contributed by atoms with Gasteiger partial charge < -0.3 is 20.9 Å². The van der Waals surface area contributed by atoms with Crippen LogP contribution in [0.15, 0.2) is 41.4 Å². The minimum atomic E-state index is -0.843. The Morgan fingerprint density at radius 3 is 2.67 bits per heavy atom. The Hall–Kier alpha value is -2.57. The Bertz CT molecular complexity index is 666. The van der Waals surface area contributed by atoms with Crippen molar-refractivity contribution in [2.45, 2.75) is 26.2 Å². The van der Waals surface area contributed by atoms with Crippen LogP contribution in [0.5, 0.6) is 5.75 Å². The van der Waals surface area contributed by atoms with Crippen molar-refractivity contribution in [1.82, 2.24) is 0 Å². The molecule has 0 aromatic heterocycles. The van der Waals surface area contributed by atoms with Gasteiger partial charge in [-0.25, -0.2) is 8.78 Å². The van der Waals surface area contributed by atoms with Gasteiger partial charge in [-0.1, -0.05) is 6.07 Å². The van der Waals surface area contributed by atoms with Crippen molar-refractivity contribution in [3.63, 3.8) is 0 Å². The standard InChI is InChI=1S/C17H20F2N2O3/c1-10(22)23-9-12-5-2-4-11(16(12)21)8-15(20)24-17-13(18)6-3-7-14(17)19/h3,6-8,12H,2,4-5,9,20-21H2,1H3/b15-8+. The van der Waals surface area contributed by atoms with Crippen LogP contribution in [0.25, 0.3) is 0 Å². The van der Waals surface area contributed by atoms with Gasteiger partial charge in [0.05, 0.1) is 6.61 Å². The molecule has 0 saturated carbocycles. The minimum Gasteiger partial charge on any atom is -0.465 e. The van der Waals surface area contributed by atoms with E-state index in [0.29, 0.717) is 17.7 Å². The Labute approximate surface area is 138 Å². The highest BCUT2D eigenvalue weighted by Gasteiger charge is 2.21. The molecule has 0 amide bonds. The summed E-state index contributed by atoms with van der Waals surface area (Å²) in [5, 5.41) is 0. The number of halogens is 2. The molecule has 130 valence electrons. The van der Waals surface area contributed by atoms with Gasteiger partial charge in [0.15, 0.2) is 17.5 Å². The zero-order chi connectivity index (χ0) is 17.7. The van der Waals surface area contributed by atoms with Gasteiger partial charge in [-0.15, -0.1) is 0 Å². The third-order valence-corrected chi connectivity index (χ3v) is 3.75. The lowest BCUT2D eigenvalue weighted by atomic mass is 9.87. The van der Waals surface area contributed by atoms with Gasteiger partial charge in [0, 0.05) is 24.6 Å². The maximum absolute atomic E-state index is 13.6. The number of carbonyl (C=O) groups is 1. The molecule has 0 saturated heterocycles. The topological polar surface area (TPSA) is 87.6 Å². The molecule has 2 rings (SSSR count). The molecule has 7 heteroatoms. The second-order valence-corrected chi connectivity index (χ2v) is 5.57. The van der Waals surface area contributed by atoms with Crippen molar-refractivity contribution in [2.75, 3.05) is 6.61 Å². The van der Waals surface area contributed by atoms with Gasteiger partial charge in [-0.2, -0.15) is 0 Å². The normalized spacial score (nSPS) is 18.5. The molecule has 24 heavy (non-hydrogen) atoms. The first-order valence-corrected chi connectivity index (χ1v) is 7.59. The van der Waals surface area contributed by atoms with Crippen molar-refractivity contribution in [1.29, 1.82) is 0 Å². The van der Waals surface area contributed by atoms with Crippen LogP contribution < -0.4 is 16.2 Å². The number of rotatable bonds is 5. The number of hydrogen-bond acceptors (Lipinski definition) is 5. The van der Waals surface area contributed by atoms with E-state index in [0.717, 1.165) is 25.0 Å². The molecule has 4 N–H and O–H groups in total. The molecule has 0 aliphatic heterocycles. The summed E-state index contributed by atoms with van der Waals surface area (Å²) in [5.74, 6) is -2.88. The summed E-state index contributed by atoms with van der Waals surface area (Å²) in [5.41, 5.74) is 13.1. The molecule has 0 bridgehead atoms. The van der Waals surface area contributed by atoms with E-state index in [4.69, 9.17) is 20.9 Å². The highest BCUT2D eigenvalue weighted by atomic mass is 19.1. The molecular formula is C17H20F2N2O3. The molecule has 0 spiro atoms. The summed E-state index contributed by atoms with van der Waals surface area (Å²) in [6.45, 7) is 1.53. The van der Waals surface area contributed by atoms with Gasteiger partial charge in [-0.3, -0.25) is 4.79 Å². The third-order valence-electron chi connectivity index (χ3n) is 3.75. The van der Waals surface area contributed by atoms with E-state index in [2.05, 4.69) is 0 Å². The van der Waals surface area contributed by atoms with Crippen LogP contribution in [0.4, 0.5) is 8.78 Å². The predicted molar refractivity (Wildman–Crippen MR) is 84.4 cm³/mol. The van der Waals surface area contributed by atoms with Crippen molar-refractivity contribution in [3.8, 4) is 5.75 Å². The molecule has 1 aromatic carbocycles. The highest BCUT2D eigenvalue weighted by molar-refractivity contribution is 5.65. The average Bonchev–Trinajstić information content (AvgIpc) is 2.52. The third kappa shape index (κ3) is 4.47. The Morgan fingerprint density at radius 2 is 2.04 bits per heavy atom. The van der Waals surface area contributed by atoms with Gasteiger partial charge in [0.2, 0.25) is 5.75 Å². The zero-order valence-corrected chi connectivity index (χ0v) is 13.4. The molecule has 5 nitrogen and oxygen atoms in total. The van der Waals surface area contributed by atoms with Gasteiger partial charge >= 0.3 is 5.97 Å². The first kappa shape index (κ1) is 17.8. The second kappa shape index (κ2) is 7.81. The molecular weight excluding hydrogens is 318 g/mol. The van der Waals surface area contributed by atoms with Gasteiger partial charge in [0.25, 0.3) is 0 Å². The summed E-state index contributed by atoms with van der Waals surface area (Å²) in [4.78, 5) is 10.9. The number of allylic oxidation sites excluding steroid dienone is 2. The Kier molecular flexibility index (Phi) is 5.78. The number of ether oxygens (including phenoxy) is 2. The SMILES string of the molecule is CC(=O)OCC1CCCC(/C=C(\N)Oc2c(F)cccc2F)=C1N. The predicted octanol–water partition coefficient (Wildman–Crippen LogP) is 2.72. The summed E-state index contributed by atoms with van der Waals surface area (Å²) >= 11 is 0. The highest BCUT2D eigenvalue weighted by Crippen LogP contribution is 2.29. The van der Waals surface area contributed by atoms with Crippen molar-refractivity contribution >= 4 is 5.97 Å². The van der Waals surface area contributed by atoms with E-state index in [-0.39, 0.29) is 24.4 Å². The number of benzene rings is 1. The van der Waals surface area contributed by atoms with Crippen molar-refractivity contribution in [2.24, 2.45) is 17.4 Å². The smallest absolute Gasteiger partial charge is 0.302 e. The molecule has 0 heterocycles. The van der Waals surface area contributed by atoms with Crippen LogP contribution in [0, 0.1) is 17.6 Å². The molecule has 0 radical (unpaired) electrons. The fraction of sp³-hybridized carbons (Fsp3) is 0.353. The van der Waals surface area contributed by atoms with Crippen molar-refractivity contribution in [3.05, 3.63) is 53.1 Å². The van der Waals surface area contributed by atoms with Crippen LogP contribution in [-0.4, -0.2) is 12.6 Å². The summed E-state index contributed by atoms with van der Waals surface area (Å²) < 4.78 is 37.2. The molecule has 1 aromatic rings.